The SMILES string of the molecule is C=C1OC(O)C=C1CCC1C(=C)C=CCC1(C)C. The number of ether oxygens (including phenoxy) is 1. The average Bonchev–Trinajstić information content (AvgIpc) is 2.56. The Kier molecular flexibility index (Phi) is 3.49. The maximum atomic E-state index is 9.37. The Balaban J connectivity index is 2.01. The molecule has 0 saturated heterocycles. The van der Waals surface area contributed by atoms with Crippen molar-refractivity contribution in [1.82, 2.24) is 0 Å². The van der Waals surface area contributed by atoms with Crippen LogP contribution in [0.2, 0.25) is 0 Å². The van der Waals surface area contributed by atoms with Gasteiger partial charge in [-0.1, -0.05) is 44.7 Å². The van der Waals surface area contributed by atoms with E-state index in [1.807, 2.05) is 0 Å². The normalized spacial score (nSPS) is 30.3. The lowest BCUT2D eigenvalue weighted by molar-refractivity contribution is -0.0101. The lowest BCUT2D eigenvalue weighted by Crippen LogP contribution is -2.27. The molecule has 0 bridgehead atoms. The van der Waals surface area contributed by atoms with Crippen LogP contribution in [0.25, 0.3) is 0 Å². The highest BCUT2D eigenvalue weighted by atomic mass is 16.6. The summed E-state index contributed by atoms with van der Waals surface area (Å²) in [5.74, 6) is 1.09. The zero-order chi connectivity index (χ0) is 13.3. The molecule has 0 radical (unpaired) electrons. The molecule has 2 unspecified atom stereocenters. The van der Waals surface area contributed by atoms with Gasteiger partial charge in [-0.3, -0.25) is 0 Å². The summed E-state index contributed by atoms with van der Waals surface area (Å²) in [6, 6.07) is 0. The molecular formula is C16H22O2. The van der Waals surface area contributed by atoms with Crippen molar-refractivity contribution >= 4 is 0 Å². The molecule has 1 N–H and O–H groups in total. The summed E-state index contributed by atoms with van der Waals surface area (Å²) in [5.41, 5.74) is 2.49. The van der Waals surface area contributed by atoms with Gasteiger partial charge in [0.25, 0.3) is 0 Å². The van der Waals surface area contributed by atoms with E-state index < -0.39 is 6.29 Å². The van der Waals surface area contributed by atoms with Crippen molar-refractivity contribution in [3.05, 3.63) is 48.3 Å². The molecule has 2 nitrogen and oxygen atoms in total. The molecule has 0 fully saturated rings. The smallest absolute Gasteiger partial charge is 0.217 e. The molecule has 1 aliphatic carbocycles. The Labute approximate surface area is 109 Å². The lowest BCUT2D eigenvalue weighted by Gasteiger charge is -2.37. The summed E-state index contributed by atoms with van der Waals surface area (Å²) in [5, 5.41) is 9.37. The molecule has 2 heteroatoms. The highest BCUT2D eigenvalue weighted by Gasteiger charge is 2.32. The Bertz CT molecular complexity index is 426. The second-order valence-corrected chi connectivity index (χ2v) is 5.88. The fraction of sp³-hybridized carbons (Fsp3) is 0.500. The van der Waals surface area contributed by atoms with Gasteiger partial charge in [0.05, 0.1) is 0 Å². The van der Waals surface area contributed by atoms with Crippen molar-refractivity contribution in [2.24, 2.45) is 11.3 Å². The summed E-state index contributed by atoms with van der Waals surface area (Å²) in [6.07, 6.45) is 8.29. The highest BCUT2D eigenvalue weighted by molar-refractivity contribution is 5.30. The molecule has 98 valence electrons. The molecule has 1 heterocycles. The molecule has 0 aromatic rings. The fourth-order valence-corrected chi connectivity index (χ4v) is 2.89. The first-order valence-electron chi connectivity index (χ1n) is 6.50. The number of aliphatic hydroxyl groups excluding tert-OH is 1. The van der Waals surface area contributed by atoms with Crippen LogP contribution in [-0.2, 0) is 4.74 Å². The van der Waals surface area contributed by atoms with E-state index in [2.05, 4.69) is 39.2 Å². The van der Waals surface area contributed by atoms with Crippen LogP contribution < -0.4 is 0 Å². The lowest BCUT2D eigenvalue weighted by atomic mass is 9.67. The number of aliphatic hydroxyl groups is 1. The minimum absolute atomic E-state index is 0.256. The van der Waals surface area contributed by atoms with Crippen LogP contribution in [0.3, 0.4) is 0 Å². The van der Waals surface area contributed by atoms with Gasteiger partial charge in [0.1, 0.15) is 5.76 Å². The van der Waals surface area contributed by atoms with Crippen molar-refractivity contribution in [2.75, 3.05) is 0 Å². The quantitative estimate of drug-likeness (QED) is 0.822. The molecule has 1 aliphatic heterocycles. The molecule has 2 aliphatic rings. The Morgan fingerprint density at radius 2 is 2.17 bits per heavy atom. The van der Waals surface area contributed by atoms with Crippen LogP contribution >= 0.6 is 0 Å². The number of hydrogen-bond acceptors (Lipinski definition) is 2. The van der Waals surface area contributed by atoms with Crippen LogP contribution in [0, 0.1) is 11.3 Å². The van der Waals surface area contributed by atoms with Crippen LogP contribution in [0.4, 0.5) is 0 Å². The van der Waals surface area contributed by atoms with Gasteiger partial charge in [-0.05, 0) is 42.2 Å². The third-order valence-electron chi connectivity index (χ3n) is 4.03. The predicted molar refractivity (Wildman–Crippen MR) is 73.7 cm³/mol. The summed E-state index contributed by atoms with van der Waals surface area (Å²) in [4.78, 5) is 0. The third-order valence-corrected chi connectivity index (χ3v) is 4.03. The molecule has 0 aromatic heterocycles. The molecule has 18 heavy (non-hydrogen) atoms. The highest BCUT2D eigenvalue weighted by Crippen LogP contribution is 2.43. The van der Waals surface area contributed by atoms with Crippen LogP contribution in [0.5, 0.6) is 0 Å². The first-order chi connectivity index (χ1) is 8.40. The van der Waals surface area contributed by atoms with Crippen molar-refractivity contribution < 1.29 is 9.84 Å². The number of hydrogen-bond donors (Lipinski definition) is 1. The summed E-state index contributed by atoms with van der Waals surface area (Å²) in [7, 11) is 0. The number of allylic oxidation sites excluding steroid dienone is 4. The van der Waals surface area contributed by atoms with E-state index in [1.165, 1.54) is 5.57 Å². The van der Waals surface area contributed by atoms with E-state index >= 15 is 0 Å². The fourth-order valence-electron chi connectivity index (χ4n) is 2.89. The topological polar surface area (TPSA) is 29.5 Å². The molecule has 2 atom stereocenters. The average molecular weight is 246 g/mol. The monoisotopic (exact) mass is 246 g/mol. The zero-order valence-corrected chi connectivity index (χ0v) is 11.3. The van der Waals surface area contributed by atoms with Gasteiger partial charge in [0, 0.05) is 0 Å². The maximum absolute atomic E-state index is 9.37. The first-order valence-corrected chi connectivity index (χ1v) is 6.50. The minimum atomic E-state index is -0.810. The van der Waals surface area contributed by atoms with Crippen molar-refractivity contribution in [3.63, 3.8) is 0 Å². The predicted octanol–water partition coefficient (Wildman–Crippen LogP) is 3.71. The minimum Gasteiger partial charge on any atom is -0.462 e. The molecule has 0 saturated carbocycles. The van der Waals surface area contributed by atoms with Crippen LogP contribution in [0.1, 0.15) is 33.1 Å². The van der Waals surface area contributed by atoms with E-state index in [0.29, 0.717) is 11.7 Å². The molecule has 0 aromatic carbocycles. The molecule has 0 amide bonds. The summed E-state index contributed by atoms with van der Waals surface area (Å²) >= 11 is 0. The third kappa shape index (κ3) is 2.59. The summed E-state index contributed by atoms with van der Waals surface area (Å²) in [6.45, 7) is 12.6. The van der Waals surface area contributed by atoms with Gasteiger partial charge >= 0.3 is 0 Å². The first kappa shape index (κ1) is 13.2. The van der Waals surface area contributed by atoms with Crippen molar-refractivity contribution in [3.8, 4) is 0 Å². The van der Waals surface area contributed by atoms with E-state index in [4.69, 9.17) is 4.74 Å². The zero-order valence-electron chi connectivity index (χ0n) is 11.3. The molecule has 2 rings (SSSR count). The van der Waals surface area contributed by atoms with Gasteiger partial charge in [0.2, 0.25) is 6.29 Å². The summed E-state index contributed by atoms with van der Waals surface area (Å²) < 4.78 is 5.12. The van der Waals surface area contributed by atoms with Crippen molar-refractivity contribution in [1.29, 1.82) is 0 Å². The second kappa shape index (κ2) is 4.77. The van der Waals surface area contributed by atoms with Gasteiger partial charge in [-0.15, -0.1) is 0 Å². The molecule has 0 spiro atoms. The van der Waals surface area contributed by atoms with Gasteiger partial charge in [-0.25, -0.2) is 0 Å². The van der Waals surface area contributed by atoms with Gasteiger partial charge in [-0.2, -0.15) is 0 Å². The standard InChI is InChI=1S/C16H22O2/c1-11-6-5-9-16(3,4)14(11)8-7-13-10-15(17)18-12(13)2/h5-6,10,14-15,17H,1-2,7-9H2,3-4H3. The van der Waals surface area contributed by atoms with E-state index in [0.717, 1.165) is 24.8 Å². The van der Waals surface area contributed by atoms with Gasteiger partial charge in [0.15, 0.2) is 0 Å². The Morgan fingerprint density at radius 1 is 1.44 bits per heavy atom. The molecular weight excluding hydrogens is 224 g/mol. The second-order valence-electron chi connectivity index (χ2n) is 5.88. The van der Waals surface area contributed by atoms with Crippen molar-refractivity contribution in [2.45, 2.75) is 39.4 Å². The van der Waals surface area contributed by atoms with E-state index in [1.54, 1.807) is 6.08 Å². The van der Waals surface area contributed by atoms with E-state index in [9.17, 15) is 5.11 Å². The Hall–Kier alpha value is -1.28. The number of rotatable bonds is 3. The van der Waals surface area contributed by atoms with Crippen LogP contribution in [0.15, 0.2) is 48.3 Å². The maximum Gasteiger partial charge on any atom is 0.217 e. The largest absolute Gasteiger partial charge is 0.462 e. The Morgan fingerprint density at radius 3 is 2.72 bits per heavy atom. The van der Waals surface area contributed by atoms with Gasteiger partial charge < -0.3 is 9.84 Å². The van der Waals surface area contributed by atoms with E-state index in [-0.39, 0.29) is 5.41 Å². The van der Waals surface area contributed by atoms with Crippen LogP contribution in [-0.4, -0.2) is 11.4 Å².